The van der Waals surface area contributed by atoms with Gasteiger partial charge in [-0.15, -0.1) is 21.5 Å². The molecule has 86 valence electrons. The van der Waals surface area contributed by atoms with Crippen LogP contribution in [0.4, 0.5) is 0 Å². The molecule has 0 aliphatic carbocycles. The number of nitrogens with zero attached hydrogens (tertiary/aromatic N) is 2. The Balaban J connectivity index is 2.26. The molecular formula is C11H21N3S. The predicted octanol–water partition coefficient (Wildman–Crippen LogP) is 2.28. The average Bonchev–Trinajstić information content (AvgIpc) is 2.59. The molecule has 1 rings (SSSR count). The minimum absolute atomic E-state index is 0.674. The molecule has 0 atom stereocenters. The molecule has 4 heteroatoms. The highest BCUT2D eigenvalue weighted by molar-refractivity contribution is 7.11. The van der Waals surface area contributed by atoms with Crippen molar-refractivity contribution in [3.63, 3.8) is 0 Å². The van der Waals surface area contributed by atoms with Crippen molar-refractivity contribution in [2.75, 3.05) is 13.1 Å². The highest BCUT2D eigenvalue weighted by atomic mass is 32.1. The molecule has 0 saturated heterocycles. The fourth-order valence-electron chi connectivity index (χ4n) is 1.36. The van der Waals surface area contributed by atoms with Gasteiger partial charge < -0.3 is 5.32 Å². The van der Waals surface area contributed by atoms with E-state index in [-0.39, 0.29) is 0 Å². The highest BCUT2D eigenvalue weighted by Crippen LogP contribution is 2.15. The van der Waals surface area contributed by atoms with Crippen molar-refractivity contribution in [1.82, 2.24) is 15.5 Å². The molecule has 0 fully saturated rings. The SMILES string of the molecule is CCNCCCc1nnc(CC(C)C)s1. The second kappa shape index (κ2) is 6.90. The van der Waals surface area contributed by atoms with Gasteiger partial charge in [-0.3, -0.25) is 0 Å². The molecule has 1 N–H and O–H groups in total. The largest absolute Gasteiger partial charge is 0.317 e. The molecule has 0 aliphatic rings. The highest BCUT2D eigenvalue weighted by Gasteiger charge is 2.05. The lowest BCUT2D eigenvalue weighted by molar-refractivity contribution is 0.638. The maximum Gasteiger partial charge on any atom is 0.117 e. The third-order valence-electron chi connectivity index (χ3n) is 2.09. The van der Waals surface area contributed by atoms with Crippen molar-refractivity contribution in [1.29, 1.82) is 0 Å². The molecule has 1 aromatic rings. The molecule has 1 aromatic heterocycles. The summed E-state index contributed by atoms with van der Waals surface area (Å²) in [5.41, 5.74) is 0. The molecule has 0 spiro atoms. The summed E-state index contributed by atoms with van der Waals surface area (Å²) in [5.74, 6) is 0.674. The summed E-state index contributed by atoms with van der Waals surface area (Å²) in [5, 5.41) is 14.1. The van der Waals surface area contributed by atoms with Gasteiger partial charge in [0.2, 0.25) is 0 Å². The van der Waals surface area contributed by atoms with Crippen LogP contribution in [0, 0.1) is 5.92 Å². The first-order chi connectivity index (χ1) is 7.22. The van der Waals surface area contributed by atoms with Gasteiger partial charge in [0.25, 0.3) is 0 Å². The Morgan fingerprint density at radius 2 is 2.00 bits per heavy atom. The van der Waals surface area contributed by atoms with E-state index in [9.17, 15) is 0 Å². The van der Waals surface area contributed by atoms with Crippen molar-refractivity contribution >= 4 is 11.3 Å². The molecule has 1 heterocycles. The van der Waals surface area contributed by atoms with Gasteiger partial charge in [0, 0.05) is 12.8 Å². The van der Waals surface area contributed by atoms with E-state index in [2.05, 4.69) is 36.3 Å². The van der Waals surface area contributed by atoms with Crippen molar-refractivity contribution in [3.8, 4) is 0 Å². The van der Waals surface area contributed by atoms with E-state index in [0.29, 0.717) is 5.92 Å². The van der Waals surface area contributed by atoms with Crippen LogP contribution < -0.4 is 5.32 Å². The van der Waals surface area contributed by atoms with Gasteiger partial charge in [0.05, 0.1) is 0 Å². The standard InChI is InChI=1S/C11H21N3S/c1-4-12-7-5-6-10-13-14-11(15-10)8-9(2)3/h9,12H,4-8H2,1-3H3. The third kappa shape index (κ3) is 5.23. The van der Waals surface area contributed by atoms with E-state index in [4.69, 9.17) is 0 Å². The first-order valence-corrected chi connectivity index (χ1v) is 6.56. The van der Waals surface area contributed by atoms with Crippen LogP contribution in [0.3, 0.4) is 0 Å². The van der Waals surface area contributed by atoms with E-state index in [1.54, 1.807) is 11.3 Å². The van der Waals surface area contributed by atoms with Crippen molar-refractivity contribution in [3.05, 3.63) is 10.0 Å². The summed E-state index contributed by atoms with van der Waals surface area (Å²) < 4.78 is 0. The molecule has 3 nitrogen and oxygen atoms in total. The zero-order valence-electron chi connectivity index (χ0n) is 9.92. The lowest BCUT2D eigenvalue weighted by Gasteiger charge is -1.98. The first kappa shape index (κ1) is 12.6. The molecule has 0 unspecified atom stereocenters. The minimum atomic E-state index is 0.674. The maximum absolute atomic E-state index is 4.21. The zero-order valence-corrected chi connectivity index (χ0v) is 10.7. The summed E-state index contributed by atoms with van der Waals surface area (Å²) in [6, 6.07) is 0. The first-order valence-electron chi connectivity index (χ1n) is 5.74. The van der Waals surface area contributed by atoms with Gasteiger partial charge in [-0.2, -0.15) is 0 Å². The van der Waals surface area contributed by atoms with E-state index in [1.165, 1.54) is 10.0 Å². The molecule has 0 aromatic carbocycles. The van der Waals surface area contributed by atoms with Gasteiger partial charge in [0.15, 0.2) is 0 Å². The lowest BCUT2D eigenvalue weighted by Crippen LogP contribution is -2.14. The van der Waals surface area contributed by atoms with Crippen molar-refractivity contribution < 1.29 is 0 Å². The van der Waals surface area contributed by atoms with Gasteiger partial charge in [-0.25, -0.2) is 0 Å². The van der Waals surface area contributed by atoms with Crippen LogP contribution in [0.25, 0.3) is 0 Å². The van der Waals surface area contributed by atoms with E-state index in [0.717, 1.165) is 32.4 Å². The molecule has 0 bridgehead atoms. The number of hydrogen-bond acceptors (Lipinski definition) is 4. The fourth-order valence-corrected chi connectivity index (χ4v) is 2.46. The fraction of sp³-hybridized carbons (Fsp3) is 0.818. The number of nitrogens with one attached hydrogen (secondary N) is 1. The van der Waals surface area contributed by atoms with Crippen LogP contribution in [0.1, 0.15) is 37.2 Å². The Hall–Kier alpha value is -0.480. The van der Waals surface area contributed by atoms with E-state index in [1.807, 2.05) is 0 Å². The van der Waals surface area contributed by atoms with Crippen LogP contribution in [-0.2, 0) is 12.8 Å². The van der Waals surface area contributed by atoms with E-state index < -0.39 is 0 Å². The Labute approximate surface area is 96.3 Å². The maximum atomic E-state index is 4.21. The number of aromatic nitrogens is 2. The monoisotopic (exact) mass is 227 g/mol. The Morgan fingerprint density at radius 3 is 2.67 bits per heavy atom. The molecule has 0 aliphatic heterocycles. The molecule has 15 heavy (non-hydrogen) atoms. The Bertz CT molecular complexity index is 271. The van der Waals surface area contributed by atoms with Crippen molar-refractivity contribution in [2.45, 2.75) is 40.0 Å². The quantitative estimate of drug-likeness (QED) is 0.726. The Morgan fingerprint density at radius 1 is 1.27 bits per heavy atom. The summed E-state index contributed by atoms with van der Waals surface area (Å²) >= 11 is 1.77. The summed E-state index contributed by atoms with van der Waals surface area (Å²) in [6.45, 7) is 8.69. The second-order valence-electron chi connectivity index (χ2n) is 4.14. The van der Waals surface area contributed by atoms with Gasteiger partial charge in [-0.1, -0.05) is 20.8 Å². The molecular weight excluding hydrogens is 206 g/mol. The summed E-state index contributed by atoms with van der Waals surface area (Å²) in [6.07, 6.45) is 3.28. The normalized spacial score (nSPS) is 11.2. The number of rotatable bonds is 7. The molecule has 0 radical (unpaired) electrons. The van der Waals surface area contributed by atoms with Crippen LogP contribution in [-0.4, -0.2) is 23.3 Å². The molecule has 0 saturated carbocycles. The summed E-state index contributed by atoms with van der Waals surface area (Å²) in [7, 11) is 0. The lowest BCUT2D eigenvalue weighted by atomic mass is 10.1. The minimum Gasteiger partial charge on any atom is -0.317 e. The van der Waals surface area contributed by atoms with Crippen LogP contribution in [0.2, 0.25) is 0 Å². The zero-order chi connectivity index (χ0) is 11.1. The van der Waals surface area contributed by atoms with Crippen LogP contribution in [0.5, 0.6) is 0 Å². The topological polar surface area (TPSA) is 37.8 Å². The molecule has 0 amide bonds. The summed E-state index contributed by atoms with van der Waals surface area (Å²) in [4.78, 5) is 0. The smallest absolute Gasteiger partial charge is 0.117 e. The van der Waals surface area contributed by atoms with Crippen LogP contribution in [0.15, 0.2) is 0 Å². The van der Waals surface area contributed by atoms with E-state index >= 15 is 0 Å². The second-order valence-corrected chi connectivity index (χ2v) is 5.29. The van der Waals surface area contributed by atoms with Crippen molar-refractivity contribution in [2.24, 2.45) is 5.92 Å². The third-order valence-corrected chi connectivity index (χ3v) is 3.09. The predicted molar refractivity (Wildman–Crippen MR) is 65.3 cm³/mol. The number of hydrogen-bond donors (Lipinski definition) is 1. The average molecular weight is 227 g/mol. The Kier molecular flexibility index (Phi) is 5.79. The van der Waals surface area contributed by atoms with Gasteiger partial charge in [0.1, 0.15) is 10.0 Å². The number of aryl methyl sites for hydroxylation is 1. The van der Waals surface area contributed by atoms with Crippen LogP contribution >= 0.6 is 11.3 Å². The van der Waals surface area contributed by atoms with Gasteiger partial charge >= 0.3 is 0 Å². The van der Waals surface area contributed by atoms with Gasteiger partial charge in [-0.05, 0) is 25.4 Å².